The number of benzene rings is 3. The molecule has 0 unspecified atom stereocenters. The van der Waals surface area contributed by atoms with E-state index >= 15 is 0 Å². The third-order valence-corrected chi connectivity index (χ3v) is 5.09. The summed E-state index contributed by atoms with van der Waals surface area (Å²) in [5, 5.41) is 2.54. The first kappa shape index (κ1) is 19.5. The van der Waals surface area contributed by atoms with Crippen molar-refractivity contribution in [3.63, 3.8) is 0 Å². The summed E-state index contributed by atoms with van der Waals surface area (Å²) in [6.45, 7) is 1.74. The summed E-state index contributed by atoms with van der Waals surface area (Å²) in [7, 11) is 0. The van der Waals surface area contributed by atoms with E-state index in [1.54, 1.807) is 37.3 Å². The lowest BCUT2D eigenvalue weighted by Crippen LogP contribution is -2.48. The molecule has 30 heavy (non-hydrogen) atoms. The second kappa shape index (κ2) is 7.91. The number of rotatable bonds is 5. The number of fused-ring (bicyclic) bond motifs is 1. The first-order valence-corrected chi connectivity index (χ1v) is 9.53. The van der Waals surface area contributed by atoms with Crippen LogP contribution in [0.25, 0.3) is 0 Å². The lowest BCUT2D eigenvalue weighted by molar-refractivity contribution is -0.120. The van der Waals surface area contributed by atoms with Crippen LogP contribution in [-0.4, -0.2) is 28.7 Å². The number of imide groups is 1. The fourth-order valence-corrected chi connectivity index (χ4v) is 3.57. The molecular formula is C24H19FN2O3. The number of hydrogen-bond acceptors (Lipinski definition) is 3. The summed E-state index contributed by atoms with van der Waals surface area (Å²) in [4.78, 5) is 40.0. The van der Waals surface area contributed by atoms with E-state index in [0.29, 0.717) is 5.56 Å². The number of hydrogen-bond donors (Lipinski definition) is 1. The molecule has 0 saturated heterocycles. The van der Waals surface area contributed by atoms with Crippen molar-refractivity contribution in [3.8, 4) is 0 Å². The number of carbonyl (C=O) groups excluding carboxylic acids is 3. The van der Waals surface area contributed by atoms with Gasteiger partial charge in [-0.3, -0.25) is 19.3 Å². The van der Waals surface area contributed by atoms with E-state index in [9.17, 15) is 18.8 Å². The average Bonchev–Trinajstić information content (AvgIpc) is 3.00. The van der Waals surface area contributed by atoms with Gasteiger partial charge in [0.25, 0.3) is 11.8 Å². The van der Waals surface area contributed by atoms with Crippen LogP contribution in [0.3, 0.4) is 0 Å². The van der Waals surface area contributed by atoms with E-state index in [0.717, 1.165) is 10.5 Å². The molecular weight excluding hydrogens is 383 g/mol. The Hall–Kier alpha value is -3.80. The Bertz CT molecular complexity index is 1110. The molecule has 0 saturated carbocycles. The molecule has 1 aliphatic heterocycles. The molecule has 0 bridgehead atoms. The largest absolute Gasteiger partial charge is 0.322 e. The highest BCUT2D eigenvalue weighted by atomic mass is 19.1. The predicted octanol–water partition coefficient (Wildman–Crippen LogP) is 3.98. The van der Waals surface area contributed by atoms with Gasteiger partial charge in [0, 0.05) is 6.42 Å². The van der Waals surface area contributed by atoms with E-state index in [2.05, 4.69) is 5.32 Å². The van der Waals surface area contributed by atoms with Gasteiger partial charge in [0.15, 0.2) is 0 Å². The minimum Gasteiger partial charge on any atom is -0.322 e. The normalized spacial score (nSPS) is 13.9. The topological polar surface area (TPSA) is 66.5 Å². The highest BCUT2D eigenvalue weighted by Gasteiger charge is 2.42. The van der Waals surface area contributed by atoms with Gasteiger partial charge in [-0.2, -0.15) is 0 Å². The van der Waals surface area contributed by atoms with Crippen molar-refractivity contribution in [2.45, 2.75) is 19.4 Å². The minimum atomic E-state index is -1.12. The second-order valence-corrected chi connectivity index (χ2v) is 7.20. The Morgan fingerprint density at radius 3 is 2.13 bits per heavy atom. The van der Waals surface area contributed by atoms with Crippen LogP contribution in [0.4, 0.5) is 10.1 Å². The van der Waals surface area contributed by atoms with Crippen molar-refractivity contribution in [2.24, 2.45) is 0 Å². The zero-order chi connectivity index (χ0) is 21.3. The Morgan fingerprint density at radius 1 is 0.933 bits per heavy atom. The highest BCUT2D eigenvalue weighted by molar-refractivity contribution is 6.23. The number of anilines is 1. The van der Waals surface area contributed by atoms with Crippen LogP contribution in [0.2, 0.25) is 0 Å². The molecule has 3 aromatic carbocycles. The third kappa shape index (κ3) is 3.59. The first-order chi connectivity index (χ1) is 14.5. The van der Waals surface area contributed by atoms with E-state index in [1.807, 2.05) is 30.3 Å². The second-order valence-electron chi connectivity index (χ2n) is 7.20. The van der Waals surface area contributed by atoms with Crippen LogP contribution in [-0.2, 0) is 11.2 Å². The van der Waals surface area contributed by atoms with Gasteiger partial charge >= 0.3 is 0 Å². The molecule has 0 spiro atoms. The molecule has 0 radical (unpaired) electrons. The molecule has 3 aromatic rings. The lowest BCUT2D eigenvalue weighted by Gasteiger charge is -2.25. The summed E-state index contributed by atoms with van der Waals surface area (Å²) in [6, 6.07) is 18.9. The molecule has 1 heterocycles. The van der Waals surface area contributed by atoms with Gasteiger partial charge in [0.1, 0.15) is 11.9 Å². The highest BCUT2D eigenvalue weighted by Crippen LogP contribution is 2.27. The summed E-state index contributed by atoms with van der Waals surface area (Å²) in [5.41, 5.74) is 2.01. The summed E-state index contributed by atoms with van der Waals surface area (Å²) in [5.74, 6) is -2.27. The molecule has 5 nitrogen and oxygen atoms in total. The zero-order valence-electron chi connectivity index (χ0n) is 16.3. The molecule has 1 N–H and O–H groups in total. The standard InChI is InChI=1S/C24H19FN2O3/c1-15-11-12-20(19(25)13-15)26-22(28)21(14-16-7-3-2-4-8-16)27-23(29)17-9-5-6-10-18(17)24(27)30/h2-13,21H,14H2,1H3,(H,26,28)/t21-/m0/s1. The fraction of sp³-hybridized carbons (Fsp3) is 0.125. The number of nitrogens with one attached hydrogen (secondary N) is 1. The monoisotopic (exact) mass is 402 g/mol. The molecule has 1 aliphatic rings. The van der Waals surface area contributed by atoms with Crippen LogP contribution in [0.5, 0.6) is 0 Å². The Labute approximate surface area is 173 Å². The Balaban J connectivity index is 1.69. The average molecular weight is 402 g/mol. The van der Waals surface area contributed by atoms with Crippen LogP contribution in [0.1, 0.15) is 31.8 Å². The Morgan fingerprint density at radius 2 is 1.53 bits per heavy atom. The number of halogens is 1. The van der Waals surface area contributed by atoms with E-state index < -0.39 is 29.6 Å². The maximum atomic E-state index is 14.3. The Kier molecular flexibility index (Phi) is 5.14. The van der Waals surface area contributed by atoms with Gasteiger partial charge in [0.2, 0.25) is 5.91 Å². The van der Waals surface area contributed by atoms with Gasteiger partial charge in [-0.15, -0.1) is 0 Å². The molecule has 1 atom stereocenters. The molecule has 0 aromatic heterocycles. The van der Waals surface area contributed by atoms with Gasteiger partial charge in [-0.05, 0) is 42.3 Å². The lowest BCUT2D eigenvalue weighted by atomic mass is 10.0. The maximum Gasteiger partial charge on any atom is 0.262 e. The minimum absolute atomic E-state index is 0.000251. The van der Waals surface area contributed by atoms with E-state index in [1.165, 1.54) is 12.1 Å². The summed E-state index contributed by atoms with van der Waals surface area (Å²) in [6.07, 6.45) is 0.117. The smallest absolute Gasteiger partial charge is 0.262 e. The van der Waals surface area contributed by atoms with Crippen molar-refractivity contribution in [1.82, 2.24) is 4.90 Å². The molecule has 0 aliphatic carbocycles. The molecule has 0 fully saturated rings. The third-order valence-electron chi connectivity index (χ3n) is 5.09. The van der Waals surface area contributed by atoms with Gasteiger partial charge in [-0.1, -0.05) is 48.5 Å². The first-order valence-electron chi connectivity index (χ1n) is 9.53. The van der Waals surface area contributed by atoms with Crippen molar-refractivity contribution in [3.05, 3.63) is 101 Å². The zero-order valence-corrected chi connectivity index (χ0v) is 16.3. The van der Waals surface area contributed by atoms with Crippen LogP contribution in [0, 0.1) is 12.7 Å². The van der Waals surface area contributed by atoms with Gasteiger partial charge in [0.05, 0.1) is 16.8 Å². The molecule has 6 heteroatoms. The number of amides is 3. The summed E-state index contributed by atoms with van der Waals surface area (Å²) >= 11 is 0. The van der Waals surface area contributed by atoms with Crippen molar-refractivity contribution in [1.29, 1.82) is 0 Å². The van der Waals surface area contributed by atoms with Gasteiger partial charge in [-0.25, -0.2) is 4.39 Å². The number of nitrogens with zero attached hydrogens (tertiary/aromatic N) is 1. The van der Waals surface area contributed by atoms with Crippen LogP contribution < -0.4 is 5.32 Å². The van der Waals surface area contributed by atoms with E-state index in [-0.39, 0.29) is 23.2 Å². The van der Waals surface area contributed by atoms with Crippen molar-refractivity contribution >= 4 is 23.4 Å². The van der Waals surface area contributed by atoms with Crippen LogP contribution >= 0.6 is 0 Å². The molecule has 4 rings (SSSR count). The van der Waals surface area contributed by atoms with Crippen LogP contribution in [0.15, 0.2) is 72.8 Å². The van der Waals surface area contributed by atoms with Crippen molar-refractivity contribution < 1.29 is 18.8 Å². The molecule has 150 valence electrons. The van der Waals surface area contributed by atoms with E-state index in [4.69, 9.17) is 0 Å². The maximum absolute atomic E-state index is 14.3. The summed E-state index contributed by atoms with van der Waals surface area (Å²) < 4.78 is 14.3. The SMILES string of the molecule is Cc1ccc(NC(=O)[C@H](Cc2ccccc2)N2C(=O)c3ccccc3C2=O)c(F)c1. The van der Waals surface area contributed by atoms with Crippen molar-refractivity contribution in [2.75, 3.05) is 5.32 Å². The number of aryl methyl sites for hydroxylation is 1. The number of carbonyl (C=O) groups is 3. The van der Waals surface area contributed by atoms with Gasteiger partial charge < -0.3 is 5.32 Å². The fourth-order valence-electron chi connectivity index (χ4n) is 3.57. The quantitative estimate of drug-likeness (QED) is 0.657. The predicted molar refractivity (Wildman–Crippen MR) is 111 cm³/mol. The molecule has 3 amide bonds.